The van der Waals surface area contributed by atoms with E-state index in [1.54, 1.807) is 0 Å². The zero-order chi connectivity index (χ0) is 11.4. The van der Waals surface area contributed by atoms with Gasteiger partial charge in [0, 0.05) is 0 Å². The molecular formula is C7H10BrF3O3. The van der Waals surface area contributed by atoms with Gasteiger partial charge in [0.15, 0.2) is 6.10 Å². The average molecular weight is 279 g/mol. The molecule has 0 rings (SSSR count). The van der Waals surface area contributed by atoms with Gasteiger partial charge < -0.3 is 9.47 Å². The lowest BCUT2D eigenvalue weighted by molar-refractivity contribution is -0.214. The SMILES string of the molecule is COC(=O)C(Br)COC(C)C(F)(F)F. The molecule has 2 atom stereocenters. The van der Waals surface area contributed by atoms with Crippen molar-refractivity contribution in [3.05, 3.63) is 0 Å². The van der Waals surface area contributed by atoms with Gasteiger partial charge in [0.05, 0.1) is 13.7 Å². The summed E-state index contributed by atoms with van der Waals surface area (Å²) in [6.07, 6.45) is -6.31. The van der Waals surface area contributed by atoms with Crippen molar-refractivity contribution in [2.24, 2.45) is 0 Å². The first kappa shape index (κ1) is 13.7. The Hall–Kier alpha value is -0.300. The molecule has 0 aliphatic heterocycles. The van der Waals surface area contributed by atoms with Crippen molar-refractivity contribution in [3.8, 4) is 0 Å². The highest BCUT2D eigenvalue weighted by atomic mass is 79.9. The Morgan fingerprint density at radius 3 is 2.36 bits per heavy atom. The second-order valence-corrected chi connectivity index (χ2v) is 3.61. The molecule has 0 heterocycles. The van der Waals surface area contributed by atoms with E-state index in [0.717, 1.165) is 14.0 Å². The van der Waals surface area contributed by atoms with Crippen LogP contribution in [0.15, 0.2) is 0 Å². The van der Waals surface area contributed by atoms with Gasteiger partial charge in [-0.1, -0.05) is 15.9 Å². The predicted octanol–water partition coefficient (Wildman–Crippen LogP) is 1.89. The number of halogens is 4. The van der Waals surface area contributed by atoms with Gasteiger partial charge in [0.1, 0.15) is 4.83 Å². The minimum Gasteiger partial charge on any atom is -0.468 e. The molecule has 0 spiro atoms. The third-order valence-corrected chi connectivity index (χ3v) is 2.05. The summed E-state index contributed by atoms with van der Waals surface area (Å²) in [7, 11) is 1.14. The lowest BCUT2D eigenvalue weighted by atomic mass is 10.4. The normalized spacial score (nSPS) is 16.1. The van der Waals surface area contributed by atoms with Crippen LogP contribution in [0, 0.1) is 0 Å². The lowest BCUT2D eigenvalue weighted by Gasteiger charge is -2.17. The second kappa shape index (κ2) is 5.55. The minimum atomic E-state index is -4.41. The number of alkyl halides is 4. The van der Waals surface area contributed by atoms with Gasteiger partial charge in [0.25, 0.3) is 0 Å². The highest BCUT2D eigenvalue weighted by Gasteiger charge is 2.37. The molecule has 0 aromatic rings. The van der Waals surface area contributed by atoms with Crippen LogP contribution in [0.2, 0.25) is 0 Å². The first-order valence-electron chi connectivity index (χ1n) is 3.69. The quantitative estimate of drug-likeness (QED) is 0.582. The standard InChI is InChI=1S/C7H10BrF3O3/c1-4(7(9,10)11)14-3-5(8)6(12)13-2/h4-5H,3H2,1-2H3. The summed E-state index contributed by atoms with van der Waals surface area (Å²) in [5.74, 6) is -0.667. The van der Waals surface area contributed by atoms with Gasteiger partial charge in [-0.2, -0.15) is 13.2 Å². The molecule has 0 aromatic carbocycles. The molecule has 7 heteroatoms. The number of carbonyl (C=O) groups is 1. The second-order valence-electron chi connectivity index (χ2n) is 2.51. The fourth-order valence-corrected chi connectivity index (χ4v) is 0.859. The number of carbonyl (C=O) groups excluding carboxylic acids is 1. The molecule has 0 N–H and O–H groups in total. The van der Waals surface area contributed by atoms with E-state index in [1.807, 2.05) is 0 Å². The Balaban J connectivity index is 3.89. The predicted molar refractivity (Wildman–Crippen MR) is 46.2 cm³/mol. The lowest BCUT2D eigenvalue weighted by Crippen LogP contribution is -2.32. The third-order valence-electron chi connectivity index (χ3n) is 1.41. The smallest absolute Gasteiger partial charge is 0.414 e. The third kappa shape index (κ3) is 4.80. The van der Waals surface area contributed by atoms with Crippen molar-refractivity contribution in [3.63, 3.8) is 0 Å². The number of rotatable bonds is 4. The molecule has 0 saturated heterocycles. The first-order chi connectivity index (χ1) is 6.29. The van der Waals surface area contributed by atoms with Gasteiger partial charge in [-0.05, 0) is 6.92 Å². The minimum absolute atomic E-state index is 0.382. The average Bonchev–Trinajstić information content (AvgIpc) is 2.10. The fourth-order valence-electron chi connectivity index (χ4n) is 0.519. The Morgan fingerprint density at radius 1 is 1.50 bits per heavy atom. The van der Waals surface area contributed by atoms with Crippen molar-refractivity contribution < 1.29 is 27.4 Å². The molecule has 0 aliphatic carbocycles. The van der Waals surface area contributed by atoms with E-state index >= 15 is 0 Å². The number of hydrogen-bond donors (Lipinski definition) is 0. The highest BCUT2D eigenvalue weighted by Crippen LogP contribution is 2.22. The van der Waals surface area contributed by atoms with E-state index in [-0.39, 0.29) is 6.61 Å². The van der Waals surface area contributed by atoms with Crippen LogP contribution in [0.25, 0.3) is 0 Å². The topological polar surface area (TPSA) is 35.5 Å². The van der Waals surface area contributed by atoms with E-state index < -0.39 is 23.1 Å². The van der Waals surface area contributed by atoms with E-state index in [4.69, 9.17) is 0 Å². The first-order valence-corrected chi connectivity index (χ1v) is 4.60. The number of esters is 1. The maximum Gasteiger partial charge on any atom is 0.414 e. The zero-order valence-corrected chi connectivity index (χ0v) is 9.18. The summed E-state index contributed by atoms with van der Waals surface area (Å²) < 4.78 is 44.5. The van der Waals surface area contributed by atoms with Crippen LogP contribution in [0.4, 0.5) is 13.2 Å². The molecule has 0 bridgehead atoms. The molecule has 0 aromatic heterocycles. The molecule has 0 radical (unpaired) electrons. The van der Waals surface area contributed by atoms with Crippen molar-refractivity contribution in [1.29, 1.82) is 0 Å². The van der Waals surface area contributed by atoms with Crippen molar-refractivity contribution in [2.45, 2.75) is 24.0 Å². The van der Waals surface area contributed by atoms with Gasteiger partial charge in [-0.25, -0.2) is 0 Å². The molecule has 0 fully saturated rings. The van der Waals surface area contributed by atoms with E-state index in [2.05, 4.69) is 25.4 Å². The molecule has 0 amide bonds. The molecule has 84 valence electrons. The van der Waals surface area contributed by atoms with Crippen molar-refractivity contribution in [2.75, 3.05) is 13.7 Å². The number of methoxy groups -OCH3 is 1. The zero-order valence-electron chi connectivity index (χ0n) is 7.60. The van der Waals surface area contributed by atoms with Crippen LogP contribution in [-0.2, 0) is 14.3 Å². The summed E-state index contributed by atoms with van der Waals surface area (Å²) in [5, 5.41) is 0. The monoisotopic (exact) mass is 278 g/mol. The summed E-state index contributed by atoms with van der Waals surface area (Å²) in [6.45, 7) is 0.490. The van der Waals surface area contributed by atoms with Crippen LogP contribution in [0.3, 0.4) is 0 Å². The van der Waals surface area contributed by atoms with E-state index in [1.165, 1.54) is 0 Å². The Bertz CT molecular complexity index is 195. The fraction of sp³-hybridized carbons (Fsp3) is 0.857. The van der Waals surface area contributed by atoms with Gasteiger partial charge in [0.2, 0.25) is 0 Å². The Morgan fingerprint density at radius 2 is 2.00 bits per heavy atom. The maximum atomic E-state index is 11.9. The van der Waals surface area contributed by atoms with Gasteiger partial charge >= 0.3 is 12.1 Å². The largest absolute Gasteiger partial charge is 0.468 e. The number of hydrogen-bond acceptors (Lipinski definition) is 3. The molecule has 0 saturated carbocycles. The van der Waals surface area contributed by atoms with Crippen LogP contribution < -0.4 is 0 Å². The summed E-state index contributed by atoms with van der Waals surface area (Å²) >= 11 is 2.83. The van der Waals surface area contributed by atoms with Gasteiger partial charge in [-0.3, -0.25) is 4.79 Å². The van der Waals surface area contributed by atoms with Crippen LogP contribution in [0.1, 0.15) is 6.92 Å². The van der Waals surface area contributed by atoms with Crippen LogP contribution in [0.5, 0.6) is 0 Å². The highest BCUT2D eigenvalue weighted by molar-refractivity contribution is 9.10. The molecule has 14 heavy (non-hydrogen) atoms. The molecule has 2 unspecified atom stereocenters. The van der Waals surface area contributed by atoms with Crippen LogP contribution in [-0.4, -0.2) is 36.8 Å². The Kier molecular flexibility index (Phi) is 5.43. The van der Waals surface area contributed by atoms with Gasteiger partial charge in [-0.15, -0.1) is 0 Å². The maximum absolute atomic E-state index is 11.9. The summed E-state index contributed by atoms with van der Waals surface area (Å²) in [5.41, 5.74) is 0. The Labute approximate surface area is 87.7 Å². The number of ether oxygens (including phenoxy) is 2. The molecular weight excluding hydrogens is 269 g/mol. The van der Waals surface area contributed by atoms with Crippen molar-refractivity contribution in [1.82, 2.24) is 0 Å². The summed E-state index contributed by atoms with van der Waals surface area (Å²) in [6, 6.07) is 0. The molecule has 3 nitrogen and oxygen atoms in total. The van der Waals surface area contributed by atoms with Crippen molar-refractivity contribution >= 4 is 21.9 Å². The van der Waals surface area contributed by atoms with E-state index in [9.17, 15) is 18.0 Å². The van der Waals surface area contributed by atoms with E-state index in [0.29, 0.717) is 0 Å². The summed E-state index contributed by atoms with van der Waals surface area (Å²) in [4.78, 5) is 9.87. The molecule has 0 aliphatic rings. The van der Waals surface area contributed by atoms with Crippen LogP contribution >= 0.6 is 15.9 Å².